The van der Waals surface area contributed by atoms with Gasteiger partial charge in [-0.05, 0) is 63.2 Å². The van der Waals surface area contributed by atoms with Crippen LogP contribution >= 0.6 is 22.7 Å². The van der Waals surface area contributed by atoms with Crippen LogP contribution in [0.4, 0.5) is 0 Å². The lowest BCUT2D eigenvalue weighted by Gasteiger charge is -2.55. The maximum atomic E-state index is 9.88. The number of para-hydroxylation sites is 6. The summed E-state index contributed by atoms with van der Waals surface area (Å²) >= 11 is 1.83. The molecule has 0 amide bonds. The van der Waals surface area contributed by atoms with Crippen LogP contribution in [0.2, 0.25) is 26.0 Å². The molecule has 1 aliphatic heterocycles. The normalized spacial score (nSPS) is 18.6. The molecule has 12 rings (SSSR count). The second kappa shape index (κ2) is 15.0. The molecule has 2 unspecified atom stereocenters. The Balaban J connectivity index is 1.28. The standard InChI is InChI=1S/C52H43N7OS2Si3/c1-63(2,50-56-53-34-61-50)52(64(3,4)51-57-54-35-62-51)40-25-11-16-31-46(40)60-48-41(52)26-18-32-47(48)65(37-20-7-5-8-21-37,38-22-9-6-10-23-38)39-24-17-19-36(33-39)58-44-29-14-15-30-45(44)59-43-28-13-12-27-42(43)55-49(58)59/h5-35H,1-4H3/i1D3,2D3,3D3. The van der Waals surface area contributed by atoms with E-state index in [4.69, 9.17) is 9.72 Å². The number of benzene rings is 7. The first-order chi connectivity index (χ1) is 35.5. The van der Waals surface area contributed by atoms with E-state index < -0.39 is 48.3 Å². The smallest absolute Gasteiger partial charge is 0.220 e. The van der Waals surface area contributed by atoms with Gasteiger partial charge >= 0.3 is 0 Å². The van der Waals surface area contributed by atoms with E-state index in [1.54, 1.807) is 36.9 Å². The SMILES string of the molecule is [2H]C([2H])([2H])[Si](C)(c1nncs1)C1([Si](c2nncs2)(C([2H])([2H])[2H])C([2H])([2H])[2H])c2ccccc2Oc2c1cccc2[Si](c1ccccc1)(c1ccccc1)c1cccc(-n2c3ccccc3n3c4ccccc4nc23)c1. The largest absolute Gasteiger partial charge is 0.457 e. The lowest BCUT2D eigenvalue weighted by molar-refractivity contribution is 0.453. The van der Waals surface area contributed by atoms with Gasteiger partial charge < -0.3 is 4.74 Å². The molecule has 1 aliphatic rings. The van der Waals surface area contributed by atoms with Gasteiger partial charge in [0.15, 0.2) is 8.07 Å². The Bertz CT molecular complexity index is 3860. The zero-order valence-electron chi connectivity index (χ0n) is 43.8. The molecule has 0 saturated heterocycles. The van der Waals surface area contributed by atoms with E-state index in [1.807, 2.05) is 84.9 Å². The minimum atomic E-state index is -5.70. The molecule has 0 bridgehead atoms. The van der Waals surface area contributed by atoms with Crippen LogP contribution in [-0.4, -0.2) is 58.6 Å². The number of aromatic nitrogens is 7. The summed E-state index contributed by atoms with van der Waals surface area (Å²) in [5.74, 6) is 1.04. The number of imidazole rings is 2. The molecule has 5 heterocycles. The molecule has 13 heteroatoms. The van der Waals surface area contributed by atoms with Crippen molar-refractivity contribution in [3.05, 3.63) is 198 Å². The van der Waals surface area contributed by atoms with Crippen LogP contribution in [0.25, 0.3) is 33.5 Å². The average molecular weight is 939 g/mol. The number of fused-ring (bicyclic) bond motifs is 7. The van der Waals surface area contributed by atoms with E-state index in [1.165, 1.54) is 11.0 Å². The molecule has 4 aromatic heterocycles. The maximum absolute atomic E-state index is 9.88. The maximum Gasteiger partial charge on any atom is 0.220 e. The van der Waals surface area contributed by atoms with Crippen LogP contribution in [0, 0.1) is 0 Å². The van der Waals surface area contributed by atoms with Gasteiger partial charge in [0.2, 0.25) is 5.78 Å². The van der Waals surface area contributed by atoms with Crippen molar-refractivity contribution in [3.8, 4) is 17.2 Å². The number of ether oxygens (including phenoxy) is 1. The summed E-state index contributed by atoms with van der Waals surface area (Å²) in [5, 5.41) is 20.7. The molecule has 0 spiro atoms. The fourth-order valence-electron chi connectivity index (χ4n) is 10.6. The first-order valence-corrected chi connectivity index (χ1v) is 29.3. The van der Waals surface area contributed by atoms with Crippen LogP contribution in [0.1, 0.15) is 23.5 Å². The van der Waals surface area contributed by atoms with Gasteiger partial charge in [0.25, 0.3) is 0 Å². The third-order valence-electron chi connectivity index (χ3n) is 13.2. The molecule has 316 valence electrons. The summed E-state index contributed by atoms with van der Waals surface area (Å²) in [7, 11) is -14.5. The molecule has 11 aromatic rings. The highest BCUT2D eigenvalue weighted by Crippen LogP contribution is 2.56. The van der Waals surface area contributed by atoms with Gasteiger partial charge in [-0.2, -0.15) is 0 Å². The van der Waals surface area contributed by atoms with E-state index in [-0.39, 0.29) is 31.9 Å². The third-order valence-corrected chi connectivity index (χ3v) is 29.8. The van der Waals surface area contributed by atoms with Crippen molar-refractivity contribution in [1.82, 2.24) is 34.3 Å². The van der Waals surface area contributed by atoms with Crippen LogP contribution < -0.4 is 34.7 Å². The van der Waals surface area contributed by atoms with Gasteiger partial charge in [0, 0.05) is 33.8 Å². The predicted molar refractivity (Wildman–Crippen MR) is 274 cm³/mol. The average Bonchev–Trinajstić information content (AvgIpc) is 4.23. The molecular formula is C52H43N7OS2Si3. The van der Waals surface area contributed by atoms with Crippen LogP contribution in [0.5, 0.6) is 11.5 Å². The summed E-state index contributed by atoms with van der Waals surface area (Å²) in [4.78, 5) is 5.21. The zero-order chi connectivity index (χ0) is 51.5. The van der Waals surface area contributed by atoms with Crippen LogP contribution in [-0.2, 0) is 4.66 Å². The Morgan fingerprint density at radius 2 is 1.15 bits per heavy atom. The van der Waals surface area contributed by atoms with Gasteiger partial charge in [-0.25, -0.2) is 4.98 Å². The topological polar surface area (TPSA) is 83.0 Å². The Hall–Kier alpha value is -6.62. The fourth-order valence-corrected chi connectivity index (χ4v) is 27.0. The summed E-state index contributed by atoms with van der Waals surface area (Å²) < 4.78 is 98.1. The first kappa shape index (κ1) is 31.3. The highest BCUT2D eigenvalue weighted by molar-refractivity contribution is 7.31. The summed E-state index contributed by atoms with van der Waals surface area (Å²) in [5.41, 5.74) is 7.57. The lowest BCUT2D eigenvalue weighted by Crippen LogP contribution is -2.77. The van der Waals surface area contributed by atoms with Crippen LogP contribution in [0.15, 0.2) is 187 Å². The Morgan fingerprint density at radius 1 is 0.569 bits per heavy atom. The van der Waals surface area contributed by atoms with Gasteiger partial charge in [-0.3, -0.25) is 8.97 Å². The molecule has 65 heavy (non-hydrogen) atoms. The molecule has 0 radical (unpaired) electrons. The van der Waals surface area contributed by atoms with Gasteiger partial charge in [0.05, 0.1) is 31.3 Å². The van der Waals surface area contributed by atoms with Gasteiger partial charge in [0.1, 0.15) is 38.7 Å². The minimum absolute atomic E-state index is 0.0692. The zero-order valence-corrected chi connectivity index (χ0v) is 39.4. The lowest BCUT2D eigenvalue weighted by atomic mass is 9.98. The second-order valence-electron chi connectivity index (χ2n) is 16.5. The Kier molecular flexibility index (Phi) is 7.21. The molecule has 0 saturated carbocycles. The van der Waals surface area contributed by atoms with Crippen molar-refractivity contribution in [2.45, 2.75) is 30.6 Å². The van der Waals surface area contributed by atoms with E-state index in [0.29, 0.717) is 5.19 Å². The summed E-state index contributed by atoms with van der Waals surface area (Å²) in [6.45, 7) is -8.16. The number of hydrogen-bond donors (Lipinski definition) is 0. The fraction of sp³-hybridized carbons (Fsp3) is 0.0962. The Labute approximate surface area is 400 Å². The molecule has 8 nitrogen and oxygen atoms in total. The molecular weight excluding hydrogens is 887 g/mol. The van der Waals surface area contributed by atoms with Crippen molar-refractivity contribution in [2.24, 2.45) is 0 Å². The first-order valence-electron chi connectivity index (χ1n) is 25.6. The summed E-state index contributed by atoms with van der Waals surface area (Å²) in [6.07, 6.45) is 0. The predicted octanol–water partition coefficient (Wildman–Crippen LogP) is 8.21. The number of rotatable bonds is 9. The van der Waals surface area contributed by atoms with Crippen molar-refractivity contribution in [2.75, 3.05) is 0 Å². The quantitative estimate of drug-likeness (QED) is 0.107. The molecule has 0 N–H and O–H groups in total. The second-order valence-corrected chi connectivity index (χ2v) is 29.3. The highest BCUT2D eigenvalue weighted by atomic mass is 32.1. The van der Waals surface area contributed by atoms with E-state index in [2.05, 4.69) is 90.0 Å². The number of nitrogens with zero attached hydrogens (tertiary/aromatic N) is 7. The third kappa shape index (κ3) is 5.53. The van der Waals surface area contributed by atoms with E-state index >= 15 is 0 Å². The van der Waals surface area contributed by atoms with Crippen molar-refractivity contribution in [1.29, 1.82) is 0 Å². The minimum Gasteiger partial charge on any atom is -0.457 e. The molecule has 0 fully saturated rings. The van der Waals surface area contributed by atoms with E-state index in [0.717, 1.165) is 71.8 Å². The molecule has 2 atom stereocenters. The van der Waals surface area contributed by atoms with Gasteiger partial charge in [-0.15, -0.1) is 43.1 Å². The molecule has 0 aliphatic carbocycles. The van der Waals surface area contributed by atoms with E-state index in [9.17, 15) is 12.3 Å². The van der Waals surface area contributed by atoms with Crippen molar-refractivity contribution < 1.29 is 17.1 Å². The molecule has 7 aromatic carbocycles. The number of hydrogen-bond acceptors (Lipinski definition) is 8. The Morgan fingerprint density at radius 3 is 1.85 bits per heavy atom. The van der Waals surface area contributed by atoms with Crippen molar-refractivity contribution >= 4 is 105 Å². The highest BCUT2D eigenvalue weighted by Gasteiger charge is 2.66. The van der Waals surface area contributed by atoms with Crippen molar-refractivity contribution in [3.63, 3.8) is 0 Å². The summed E-state index contributed by atoms with van der Waals surface area (Å²) in [6, 6.07) is 57.1. The monoisotopic (exact) mass is 938 g/mol. The van der Waals surface area contributed by atoms with Crippen LogP contribution in [0.3, 0.4) is 0 Å². The van der Waals surface area contributed by atoms with Gasteiger partial charge in [-0.1, -0.05) is 159 Å².